The van der Waals surface area contributed by atoms with Gasteiger partial charge in [-0.15, -0.1) is 0 Å². The Morgan fingerprint density at radius 1 is 1.16 bits per heavy atom. The van der Waals surface area contributed by atoms with E-state index in [1.54, 1.807) is 10.9 Å². The number of hydrogen-bond acceptors (Lipinski definition) is 2. The van der Waals surface area contributed by atoms with E-state index in [1.807, 2.05) is 30.5 Å². The standard InChI is InChI=1S/C17H13BrF2N4S/c18-12-8-21-24(10-12)9-11-2-1-3-14(6-11)22-17(25)23-16-5-4-13(19)7-15(16)20/h1-8,10H,9H2,(H2,22,23,25). The maximum absolute atomic E-state index is 13.7. The number of benzene rings is 2. The fraction of sp³-hybridized carbons (Fsp3) is 0.0588. The second-order valence-corrected chi connectivity index (χ2v) is 6.58. The van der Waals surface area contributed by atoms with E-state index in [-0.39, 0.29) is 10.8 Å². The van der Waals surface area contributed by atoms with Crippen molar-refractivity contribution in [3.05, 3.63) is 76.5 Å². The first-order valence-electron chi connectivity index (χ1n) is 7.29. The van der Waals surface area contributed by atoms with Crippen LogP contribution < -0.4 is 10.6 Å². The van der Waals surface area contributed by atoms with E-state index in [4.69, 9.17) is 12.2 Å². The molecular weight excluding hydrogens is 410 g/mol. The Morgan fingerprint density at radius 3 is 2.72 bits per heavy atom. The van der Waals surface area contributed by atoms with Crippen LogP contribution in [0.25, 0.3) is 0 Å². The fourth-order valence-corrected chi connectivity index (χ4v) is 2.79. The molecule has 0 atom stereocenters. The molecule has 0 saturated heterocycles. The average molecular weight is 423 g/mol. The number of hydrogen-bond donors (Lipinski definition) is 2. The summed E-state index contributed by atoms with van der Waals surface area (Å²) in [6, 6.07) is 10.9. The van der Waals surface area contributed by atoms with Gasteiger partial charge in [0.05, 0.1) is 22.9 Å². The Bertz CT molecular complexity index is 913. The molecule has 8 heteroatoms. The zero-order valence-corrected chi connectivity index (χ0v) is 15.2. The Kier molecular flexibility index (Phi) is 5.40. The minimum absolute atomic E-state index is 0.108. The van der Waals surface area contributed by atoms with Gasteiger partial charge in [-0.3, -0.25) is 4.68 Å². The van der Waals surface area contributed by atoms with Gasteiger partial charge in [0.25, 0.3) is 0 Å². The van der Waals surface area contributed by atoms with E-state index in [9.17, 15) is 8.78 Å². The van der Waals surface area contributed by atoms with Crippen molar-refractivity contribution in [3.8, 4) is 0 Å². The Labute approximate surface area is 157 Å². The third-order valence-corrected chi connectivity index (χ3v) is 3.92. The second-order valence-electron chi connectivity index (χ2n) is 5.26. The van der Waals surface area contributed by atoms with E-state index in [1.165, 1.54) is 6.07 Å². The lowest BCUT2D eigenvalue weighted by Gasteiger charge is -2.12. The molecule has 0 bridgehead atoms. The molecule has 0 aliphatic rings. The number of rotatable bonds is 4. The van der Waals surface area contributed by atoms with Crippen LogP contribution in [0.2, 0.25) is 0 Å². The lowest BCUT2D eigenvalue weighted by atomic mass is 10.2. The zero-order chi connectivity index (χ0) is 17.8. The van der Waals surface area contributed by atoms with Crippen molar-refractivity contribution < 1.29 is 8.78 Å². The minimum atomic E-state index is -0.706. The monoisotopic (exact) mass is 422 g/mol. The van der Waals surface area contributed by atoms with Crippen LogP contribution in [0, 0.1) is 11.6 Å². The Hall–Kier alpha value is -2.32. The first-order chi connectivity index (χ1) is 12.0. The number of thiocarbonyl (C=S) groups is 1. The summed E-state index contributed by atoms with van der Waals surface area (Å²) < 4.78 is 29.3. The van der Waals surface area contributed by atoms with Crippen molar-refractivity contribution in [1.29, 1.82) is 0 Å². The Balaban J connectivity index is 1.66. The van der Waals surface area contributed by atoms with Crippen LogP contribution in [-0.4, -0.2) is 14.9 Å². The molecule has 0 aliphatic carbocycles. The van der Waals surface area contributed by atoms with Crippen molar-refractivity contribution in [2.75, 3.05) is 10.6 Å². The van der Waals surface area contributed by atoms with E-state index in [0.29, 0.717) is 6.54 Å². The van der Waals surface area contributed by atoms with Crippen LogP contribution >= 0.6 is 28.1 Å². The maximum Gasteiger partial charge on any atom is 0.175 e. The number of aromatic nitrogens is 2. The maximum atomic E-state index is 13.7. The van der Waals surface area contributed by atoms with E-state index in [2.05, 4.69) is 31.7 Å². The zero-order valence-electron chi connectivity index (χ0n) is 12.8. The van der Waals surface area contributed by atoms with Gasteiger partial charge in [-0.05, 0) is 58.0 Å². The SMILES string of the molecule is Fc1ccc(NC(=S)Nc2cccc(Cn3cc(Br)cn3)c2)c(F)c1. The quantitative estimate of drug-likeness (QED) is 0.593. The van der Waals surface area contributed by atoms with Crippen LogP contribution in [0.4, 0.5) is 20.2 Å². The topological polar surface area (TPSA) is 41.9 Å². The first kappa shape index (κ1) is 17.5. The molecule has 128 valence electrons. The summed E-state index contributed by atoms with van der Waals surface area (Å²) in [4.78, 5) is 0. The highest BCUT2D eigenvalue weighted by molar-refractivity contribution is 9.10. The summed E-state index contributed by atoms with van der Waals surface area (Å²) in [5.41, 5.74) is 1.89. The molecule has 25 heavy (non-hydrogen) atoms. The van der Waals surface area contributed by atoms with Gasteiger partial charge >= 0.3 is 0 Å². The van der Waals surface area contributed by atoms with Crippen LogP contribution in [0.5, 0.6) is 0 Å². The smallest absolute Gasteiger partial charge is 0.175 e. The molecular formula is C17H13BrF2N4S. The van der Waals surface area contributed by atoms with Crippen LogP contribution in [0.3, 0.4) is 0 Å². The van der Waals surface area contributed by atoms with Crippen LogP contribution in [0.1, 0.15) is 5.56 Å². The molecule has 0 unspecified atom stereocenters. The second kappa shape index (κ2) is 7.71. The molecule has 1 aromatic heterocycles. The number of halogens is 3. The first-order valence-corrected chi connectivity index (χ1v) is 8.50. The van der Waals surface area contributed by atoms with Gasteiger partial charge in [0.2, 0.25) is 0 Å². The Morgan fingerprint density at radius 2 is 2.00 bits per heavy atom. The third-order valence-electron chi connectivity index (χ3n) is 3.31. The van der Waals surface area contributed by atoms with E-state index < -0.39 is 11.6 Å². The van der Waals surface area contributed by atoms with E-state index in [0.717, 1.165) is 27.9 Å². The number of anilines is 2. The summed E-state index contributed by atoms with van der Waals surface area (Å²) in [6.45, 7) is 0.605. The minimum Gasteiger partial charge on any atom is -0.332 e. The van der Waals surface area contributed by atoms with Crippen molar-refractivity contribution >= 4 is 44.6 Å². The van der Waals surface area contributed by atoms with Crippen molar-refractivity contribution in [2.45, 2.75) is 6.54 Å². The molecule has 0 spiro atoms. The summed E-state index contributed by atoms with van der Waals surface area (Å²) in [5.74, 6) is -1.35. The fourth-order valence-electron chi connectivity index (χ4n) is 2.23. The molecule has 3 rings (SSSR count). The molecule has 0 radical (unpaired) electrons. The van der Waals surface area contributed by atoms with Gasteiger partial charge < -0.3 is 10.6 Å². The van der Waals surface area contributed by atoms with Crippen LogP contribution in [-0.2, 0) is 6.54 Å². The predicted molar refractivity (Wildman–Crippen MR) is 102 cm³/mol. The summed E-state index contributed by atoms with van der Waals surface area (Å²) in [5, 5.41) is 10.1. The average Bonchev–Trinajstić information content (AvgIpc) is 2.95. The molecule has 0 aliphatic heterocycles. The van der Waals surface area contributed by atoms with Crippen molar-refractivity contribution in [3.63, 3.8) is 0 Å². The normalized spacial score (nSPS) is 10.5. The van der Waals surface area contributed by atoms with Gasteiger partial charge in [0.15, 0.2) is 5.11 Å². The van der Waals surface area contributed by atoms with Crippen molar-refractivity contribution in [2.24, 2.45) is 0 Å². The predicted octanol–water partition coefficient (Wildman–Crippen LogP) is 4.78. The third kappa shape index (κ3) is 4.83. The van der Waals surface area contributed by atoms with Gasteiger partial charge in [0.1, 0.15) is 11.6 Å². The molecule has 4 nitrogen and oxygen atoms in total. The van der Waals surface area contributed by atoms with Crippen molar-refractivity contribution in [1.82, 2.24) is 9.78 Å². The number of nitrogens with zero attached hydrogens (tertiary/aromatic N) is 2. The van der Waals surface area contributed by atoms with Gasteiger partial charge in [-0.25, -0.2) is 8.78 Å². The van der Waals surface area contributed by atoms with Gasteiger partial charge in [-0.1, -0.05) is 12.1 Å². The summed E-state index contributed by atoms with van der Waals surface area (Å²) in [6.07, 6.45) is 3.60. The molecule has 0 saturated carbocycles. The molecule has 1 heterocycles. The van der Waals surface area contributed by atoms with Gasteiger partial charge in [0, 0.05) is 18.0 Å². The summed E-state index contributed by atoms with van der Waals surface area (Å²) >= 11 is 8.54. The highest BCUT2D eigenvalue weighted by atomic mass is 79.9. The summed E-state index contributed by atoms with van der Waals surface area (Å²) in [7, 11) is 0. The number of nitrogens with one attached hydrogen (secondary N) is 2. The largest absolute Gasteiger partial charge is 0.332 e. The highest BCUT2D eigenvalue weighted by Gasteiger charge is 2.06. The van der Waals surface area contributed by atoms with Gasteiger partial charge in [-0.2, -0.15) is 5.10 Å². The molecule has 0 fully saturated rings. The van der Waals surface area contributed by atoms with E-state index >= 15 is 0 Å². The highest BCUT2D eigenvalue weighted by Crippen LogP contribution is 2.17. The lowest BCUT2D eigenvalue weighted by Crippen LogP contribution is -2.20. The lowest BCUT2D eigenvalue weighted by molar-refractivity contribution is 0.586. The van der Waals surface area contributed by atoms with Crippen LogP contribution in [0.15, 0.2) is 59.3 Å². The molecule has 2 aromatic carbocycles. The molecule has 2 N–H and O–H groups in total. The molecule has 0 amide bonds. The molecule has 3 aromatic rings.